The number of aromatic nitrogens is 2. The zero-order chi connectivity index (χ0) is 21.3. The van der Waals surface area contributed by atoms with E-state index < -0.39 is 24.2 Å². The summed E-state index contributed by atoms with van der Waals surface area (Å²) in [6, 6.07) is 8.10. The molecule has 1 aromatic carbocycles. The van der Waals surface area contributed by atoms with E-state index in [2.05, 4.69) is 15.7 Å². The Kier molecular flexibility index (Phi) is 5.42. The minimum Gasteiger partial charge on any atom is -0.497 e. The van der Waals surface area contributed by atoms with Gasteiger partial charge in [-0.25, -0.2) is 4.68 Å². The number of fused-ring (bicyclic) bond motifs is 1. The molecule has 0 fully saturated rings. The summed E-state index contributed by atoms with van der Waals surface area (Å²) in [7, 11) is 1.50. The average Bonchev–Trinajstić information content (AvgIpc) is 3.40. The molecule has 6 nitrogen and oxygen atoms in total. The van der Waals surface area contributed by atoms with Crippen molar-refractivity contribution in [2.24, 2.45) is 0 Å². The van der Waals surface area contributed by atoms with E-state index in [9.17, 15) is 18.0 Å². The normalized spacial score (nSPS) is 18.4. The molecule has 1 aliphatic rings. The van der Waals surface area contributed by atoms with Gasteiger partial charge in [0.2, 0.25) is 0 Å². The lowest BCUT2D eigenvalue weighted by atomic mass is 9.96. The van der Waals surface area contributed by atoms with Crippen LogP contribution in [0.25, 0.3) is 0 Å². The highest BCUT2D eigenvalue weighted by molar-refractivity contribution is 7.09. The van der Waals surface area contributed by atoms with Gasteiger partial charge in [-0.3, -0.25) is 4.79 Å². The van der Waals surface area contributed by atoms with Gasteiger partial charge in [0.15, 0.2) is 6.04 Å². The van der Waals surface area contributed by atoms with Crippen molar-refractivity contribution in [3.63, 3.8) is 0 Å². The van der Waals surface area contributed by atoms with Gasteiger partial charge < -0.3 is 15.4 Å². The molecule has 2 aromatic heterocycles. The van der Waals surface area contributed by atoms with Crippen molar-refractivity contribution in [1.29, 1.82) is 0 Å². The maximum Gasteiger partial charge on any atom is 0.410 e. The monoisotopic (exact) mass is 436 g/mol. The number of benzene rings is 1. The van der Waals surface area contributed by atoms with E-state index in [0.717, 1.165) is 9.56 Å². The fraction of sp³-hybridized carbons (Fsp3) is 0.300. The van der Waals surface area contributed by atoms with Gasteiger partial charge >= 0.3 is 6.18 Å². The molecule has 0 saturated carbocycles. The largest absolute Gasteiger partial charge is 0.497 e. The molecule has 1 amide bonds. The number of nitrogens with one attached hydrogen (secondary N) is 2. The Labute approximate surface area is 174 Å². The quantitative estimate of drug-likeness (QED) is 0.616. The number of methoxy groups -OCH3 is 1. The van der Waals surface area contributed by atoms with Gasteiger partial charge in [-0.2, -0.15) is 18.3 Å². The Bertz CT molecular complexity index is 1030. The lowest BCUT2D eigenvalue weighted by molar-refractivity contribution is -0.173. The molecule has 1 aliphatic heterocycles. The summed E-state index contributed by atoms with van der Waals surface area (Å²) in [4.78, 5) is 13.6. The summed E-state index contributed by atoms with van der Waals surface area (Å²) < 4.78 is 47.4. The van der Waals surface area contributed by atoms with E-state index >= 15 is 0 Å². The van der Waals surface area contributed by atoms with E-state index in [1.54, 1.807) is 24.3 Å². The van der Waals surface area contributed by atoms with Crippen LogP contribution in [0.5, 0.6) is 5.75 Å². The highest BCUT2D eigenvalue weighted by Crippen LogP contribution is 2.44. The summed E-state index contributed by atoms with van der Waals surface area (Å²) in [5.74, 6) is 0.121. The number of rotatable bonds is 5. The third-order valence-electron chi connectivity index (χ3n) is 4.98. The van der Waals surface area contributed by atoms with Crippen molar-refractivity contribution in [3.8, 4) is 5.75 Å². The van der Waals surface area contributed by atoms with Crippen LogP contribution in [0.3, 0.4) is 0 Å². The molecule has 3 aromatic rings. The molecule has 3 heterocycles. The lowest BCUT2D eigenvalue weighted by Gasteiger charge is -2.34. The zero-order valence-electron chi connectivity index (χ0n) is 15.9. The first-order valence-corrected chi connectivity index (χ1v) is 10.1. The molecule has 0 bridgehead atoms. The molecule has 4 rings (SSSR count). The number of hydrogen-bond donors (Lipinski definition) is 2. The molecular weight excluding hydrogens is 417 g/mol. The number of anilines is 1. The number of carbonyl (C=O) groups excluding carboxylic acids is 1. The standard InChI is InChI=1S/C20H19F3N4O2S/c1-29-13-5-2-4-12(8-13)16-9-17(20(21,22)23)27-18(26-16)15(11-25-27)19(28)24-10-14-6-3-7-30-14/h2-8,11,16-17,26H,9-10H2,1H3,(H,24,28)/t16-,17+/m1/s1. The third kappa shape index (κ3) is 4.00. The summed E-state index contributed by atoms with van der Waals surface area (Å²) >= 11 is 1.48. The van der Waals surface area contributed by atoms with Gasteiger partial charge in [-0.15, -0.1) is 11.3 Å². The maximum absolute atomic E-state index is 13.8. The second-order valence-electron chi connectivity index (χ2n) is 6.88. The molecule has 2 atom stereocenters. The summed E-state index contributed by atoms with van der Waals surface area (Å²) in [5.41, 5.74) is 0.717. The highest BCUT2D eigenvalue weighted by atomic mass is 32.1. The van der Waals surface area contributed by atoms with E-state index in [1.807, 2.05) is 17.5 Å². The molecule has 158 valence electrons. The number of amides is 1. The van der Waals surface area contributed by atoms with Gasteiger partial charge in [-0.05, 0) is 29.1 Å². The Morgan fingerprint density at radius 1 is 1.37 bits per heavy atom. The summed E-state index contributed by atoms with van der Waals surface area (Å²) in [5, 5.41) is 11.6. The number of thiophene rings is 1. The number of nitrogens with zero attached hydrogens (tertiary/aromatic N) is 2. The Morgan fingerprint density at radius 3 is 2.90 bits per heavy atom. The molecule has 10 heteroatoms. The molecule has 0 saturated heterocycles. The molecule has 30 heavy (non-hydrogen) atoms. The van der Waals surface area contributed by atoms with Crippen molar-refractivity contribution in [2.75, 3.05) is 12.4 Å². The van der Waals surface area contributed by atoms with Crippen LogP contribution in [0.4, 0.5) is 19.0 Å². The van der Waals surface area contributed by atoms with Gasteiger partial charge in [-0.1, -0.05) is 18.2 Å². The van der Waals surface area contributed by atoms with Crippen LogP contribution < -0.4 is 15.4 Å². The molecule has 0 aliphatic carbocycles. The van der Waals surface area contributed by atoms with Crippen molar-refractivity contribution < 1.29 is 22.7 Å². The van der Waals surface area contributed by atoms with Crippen LogP contribution in [-0.2, 0) is 6.54 Å². The molecule has 0 spiro atoms. The van der Waals surface area contributed by atoms with E-state index in [1.165, 1.54) is 24.6 Å². The minimum absolute atomic E-state index is 0.0556. The van der Waals surface area contributed by atoms with Gasteiger partial charge in [0.1, 0.15) is 17.1 Å². The second-order valence-corrected chi connectivity index (χ2v) is 7.91. The fourth-order valence-electron chi connectivity index (χ4n) is 3.48. The smallest absolute Gasteiger partial charge is 0.410 e. The van der Waals surface area contributed by atoms with Crippen LogP contribution in [0.2, 0.25) is 0 Å². The van der Waals surface area contributed by atoms with Crippen molar-refractivity contribution >= 4 is 23.1 Å². The number of carbonyl (C=O) groups is 1. The number of ether oxygens (including phenoxy) is 1. The highest BCUT2D eigenvalue weighted by Gasteiger charge is 2.47. The van der Waals surface area contributed by atoms with E-state index in [4.69, 9.17) is 4.74 Å². The molecular formula is C20H19F3N4O2S. The Hall–Kier alpha value is -3.01. The second kappa shape index (κ2) is 8.02. The van der Waals surface area contributed by atoms with Crippen molar-refractivity contribution in [1.82, 2.24) is 15.1 Å². The fourth-order valence-corrected chi connectivity index (χ4v) is 4.13. The van der Waals surface area contributed by atoms with Gasteiger partial charge in [0.05, 0.1) is 25.9 Å². The molecule has 2 N–H and O–H groups in total. The summed E-state index contributed by atoms with van der Waals surface area (Å²) in [6.07, 6.45) is -3.58. The van der Waals surface area contributed by atoms with Crippen molar-refractivity contribution in [2.45, 2.75) is 31.2 Å². The first-order chi connectivity index (χ1) is 14.4. The van der Waals surface area contributed by atoms with Crippen LogP contribution >= 0.6 is 11.3 Å². The molecule has 0 radical (unpaired) electrons. The Balaban J connectivity index is 1.65. The van der Waals surface area contributed by atoms with E-state index in [0.29, 0.717) is 17.9 Å². The van der Waals surface area contributed by atoms with Crippen LogP contribution in [-0.4, -0.2) is 29.0 Å². The predicted molar refractivity (Wildman–Crippen MR) is 107 cm³/mol. The minimum atomic E-state index is -4.51. The van der Waals surface area contributed by atoms with E-state index in [-0.39, 0.29) is 17.8 Å². The van der Waals surface area contributed by atoms with Gasteiger partial charge in [0, 0.05) is 11.3 Å². The zero-order valence-corrected chi connectivity index (χ0v) is 16.8. The van der Waals surface area contributed by atoms with Gasteiger partial charge in [0.25, 0.3) is 5.91 Å². The SMILES string of the molecule is COc1cccc([C@H]2C[C@@H](C(F)(F)F)n3ncc(C(=O)NCc4cccs4)c3N2)c1. The number of halogens is 3. The Morgan fingerprint density at radius 2 is 2.20 bits per heavy atom. The first-order valence-electron chi connectivity index (χ1n) is 9.22. The van der Waals surface area contributed by atoms with Crippen molar-refractivity contribution in [3.05, 3.63) is 64.0 Å². The topological polar surface area (TPSA) is 68.2 Å². The molecule has 0 unspecified atom stereocenters. The van der Waals surface area contributed by atoms with Crippen LogP contribution in [0.15, 0.2) is 48.0 Å². The average molecular weight is 436 g/mol. The number of alkyl halides is 3. The lowest BCUT2D eigenvalue weighted by Crippen LogP contribution is -2.36. The maximum atomic E-state index is 13.8. The van der Waals surface area contributed by atoms with Crippen LogP contribution in [0, 0.1) is 0 Å². The predicted octanol–water partition coefficient (Wildman–Crippen LogP) is 4.54. The third-order valence-corrected chi connectivity index (χ3v) is 5.86. The number of hydrogen-bond acceptors (Lipinski definition) is 5. The summed E-state index contributed by atoms with van der Waals surface area (Å²) in [6.45, 7) is 0.295. The first kappa shape index (κ1) is 20.3. The van der Waals surface area contributed by atoms with Crippen LogP contribution in [0.1, 0.15) is 39.3 Å².